The molecule has 0 fully saturated rings. The third kappa shape index (κ3) is 5.51. The van der Waals surface area contributed by atoms with Crippen molar-refractivity contribution in [2.24, 2.45) is 0 Å². The number of hydrogen-bond donors (Lipinski definition) is 0. The predicted molar refractivity (Wildman–Crippen MR) is 208 cm³/mol. The highest BCUT2D eigenvalue weighted by atomic mass is 16.3. The molecule has 0 saturated heterocycles. The number of hydrogen-bond acceptors (Lipinski definition) is 5. The Kier molecular flexibility index (Phi) is 7.63. The van der Waals surface area contributed by atoms with Gasteiger partial charge in [-0.25, -0.2) is 15.0 Å². The van der Waals surface area contributed by atoms with Gasteiger partial charge in [-0.3, -0.25) is 0 Å². The first-order valence-corrected chi connectivity index (χ1v) is 17.0. The van der Waals surface area contributed by atoms with Crippen LogP contribution in [0.2, 0.25) is 0 Å². The van der Waals surface area contributed by atoms with E-state index in [0.717, 1.165) is 78.1 Å². The van der Waals surface area contributed by atoms with E-state index in [1.807, 2.05) is 97.1 Å². The lowest BCUT2D eigenvalue weighted by molar-refractivity contribution is 0.668. The molecule has 0 aliphatic heterocycles. The van der Waals surface area contributed by atoms with Crippen LogP contribution in [0.3, 0.4) is 0 Å². The summed E-state index contributed by atoms with van der Waals surface area (Å²) in [7, 11) is 0. The minimum atomic E-state index is 0.567. The number of nitrogens with zero attached hydrogens (tertiary/aromatic N) is 3. The molecule has 0 radical (unpaired) electrons. The summed E-state index contributed by atoms with van der Waals surface area (Å²) in [5.74, 6) is 1.72. The van der Waals surface area contributed by atoms with Crippen molar-refractivity contribution >= 4 is 43.9 Å². The second-order valence-electron chi connectivity index (χ2n) is 12.4. The van der Waals surface area contributed by atoms with Crippen LogP contribution in [-0.2, 0) is 6.42 Å². The molecule has 9 aromatic rings. The number of allylic oxidation sites excluding steroid dienone is 5. The van der Waals surface area contributed by atoms with Crippen molar-refractivity contribution in [3.63, 3.8) is 0 Å². The van der Waals surface area contributed by atoms with Gasteiger partial charge in [-0.1, -0.05) is 140 Å². The fraction of sp³-hybridized carbons (Fsp3) is 0.0217. The first-order valence-electron chi connectivity index (χ1n) is 17.0. The van der Waals surface area contributed by atoms with Crippen LogP contribution in [0, 0.1) is 0 Å². The van der Waals surface area contributed by atoms with Crippen LogP contribution in [-0.4, -0.2) is 15.0 Å². The van der Waals surface area contributed by atoms with Gasteiger partial charge in [0.05, 0.1) is 0 Å². The zero-order valence-corrected chi connectivity index (χ0v) is 27.7. The van der Waals surface area contributed by atoms with Gasteiger partial charge in [-0.05, 0) is 53.4 Å². The lowest BCUT2D eigenvalue weighted by Crippen LogP contribution is -2.02. The van der Waals surface area contributed by atoms with Gasteiger partial charge in [0.15, 0.2) is 17.5 Å². The fourth-order valence-electron chi connectivity index (χ4n) is 6.82. The van der Waals surface area contributed by atoms with Gasteiger partial charge in [0.1, 0.15) is 22.3 Å². The first-order chi connectivity index (χ1) is 25.2. The number of fused-ring (bicyclic) bond motifs is 6. The highest BCUT2D eigenvalue weighted by Gasteiger charge is 2.23. The van der Waals surface area contributed by atoms with Crippen LogP contribution in [0.4, 0.5) is 0 Å². The summed E-state index contributed by atoms with van der Waals surface area (Å²) >= 11 is 0. The predicted octanol–water partition coefficient (Wildman–Crippen LogP) is 12.2. The molecule has 6 aromatic carbocycles. The Bertz CT molecular complexity index is 2790. The third-order valence-corrected chi connectivity index (χ3v) is 9.19. The molecular formula is C46H31N3O2. The van der Waals surface area contributed by atoms with Gasteiger partial charge in [-0.2, -0.15) is 0 Å². The molecule has 0 aliphatic rings. The second-order valence-corrected chi connectivity index (χ2v) is 12.4. The number of rotatable bonds is 8. The molecule has 5 nitrogen and oxygen atoms in total. The fourth-order valence-corrected chi connectivity index (χ4v) is 6.82. The van der Waals surface area contributed by atoms with E-state index >= 15 is 0 Å². The van der Waals surface area contributed by atoms with Crippen molar-refractivity contribution < 1.29 is 8.83 Å². The summed E-state index contributed by atoms with van der Waals surface area (Å²) in [4.78, 5) is 15.7. The molecule has 0 amide bonds. The Morgan fingerprint density at radius 2 is 1.12 bits per heavy atom. The van der Waals surface area contributed by atoms with E-state index in [2.05, 4.69) is 67.3 Å². The SMILES string of the molecule is C=C/C=C\C=C/Cc1ccc(-c2ccc3oc4ccccc4c3c2-c2nc(-c3ccccc3)nc(-c3cccc4oc5ccccc5c34)n2)cc1. The average molecular weight is 658 g/mol. The van der Waals surface area contributed by atoms with Crippen molar-refractivity contribution in [1.82, 2.24) is 15.0 Å². The molecule has 5 heteroatoms. The van der Waals surface area contributed by atoms with Gasteiger partial charge in [-0.15, -0.1) is 0 Å². The maximum atomic E-state index is 6.42. The minimum Gasteiger partial charge on any atom is -0.456 e. The largest absolute Gasteiger partial charge is 0.456 e. The molecule has 0 aliphatic carbocycles. The van der Waals surface area contributed by atoms with Crippen molar-refractivity contribution in [3.8, 4) is 45.3 Å². The van der Waals surface area contributed by atoms with Gasteiger partial charge < -0.3 is 8.83 Å². The third-order valence-electron chi connectivity index (χ3n) is 9.19. The molecule has 242 valence electrons. The van der Waals surface area contributed by atoms with E-state index in [9.17, 15) is 0 Å². The zero-order chi connectivity index (χ0) is 34.1. The van der Waals surface area contributed by atoms with Crippen molar-refractivity contribution in [2.75, 3.05) is 0 Å². The normalized spacial score (nSPS) is 11.9. The van der Waals surface area contributed by atoms with Crippen LogP contribution < -0.4 is 0 Å². The summed E-state index contributed by atoms with van der Waals surface area (Å²) in [5.41, 5.74) is 9.14. The lowest BCUT2D eigenvalue weighted by Gasteiger charge is -2.14. The number of benzene rings is 6. The Hall–Kier alpha value is -6.85. The lowest BCUT2D eigenvalue weighted by atomic mass is 9.93. The molecule has 9 rings (SSSR count). The van der Waals surface area contributed by atoms with Crippen molar-refractivity contribution in [3.05, 3.63) is 176 Å². The zero-order valence-electron chi connectivity index (χ0n) is 27.7. The average Bonchev–Trinajstić information content (AvgIpc) is 3.76. The molecule has 51 heavy (non-hydrogen) atoms. The van der Waals surface area contributed by atoms with Crippen molar-refractivity contribution in [1.29, 1.82) is 0 Å². The van der Waals surface area contributed by atoms with Crippen LogP contribution >= 0.6 is 0 Å². The standard InChI is InChI=1S/C46H31N3O2/c1-2-3-4-5-7-15-30-24-26-31(27-25-30)33-28-29-40-42(35-19-11-13-22-38(35)51-40)43(33)46-48-44(32-16-8-6-9-17-32)47-45(49-46)36-20-14-23-39-41(36)34-18-10-12-21-37(34)50-39/h2-14,16-29H,1,15H2/b4-3-,7-5-. The minimum absolute atomic E-state index is 0.567. The maximum Gasteiger partial charge on any atom is 0.165 e. The van der Waals surface area contributed by atoms with Gasteiger partial charge >= 0.3 is 0 Å². The van der Waals surface area contributed by atoms with E-state index in [0.29, 0.717) is 17.5 Å². The first kappa shape index (κ1) is 30.2. The molecule has 0 atom stereocenters. The van der Waals surface area contributed by atoms with Crippen LogP contribution in [0.15, 0.2) is 179 Å². The van der Waals surface area contributed by atoms with Gasteiger partial charge in [0.25, 0.3) is 0 Å². The summed E-state index contributed by atoms with van der Waals surface area (Å²) in [5, 5.41) is 3.96. The van der Waals surface area contributed by atoms with E-state index in [1.54, 1.807) is 6.08 Å². The summed E-state index contributed by atoms with van der Waals surface area (Å²) < 4.78 is 12.7. The van der Waals surface area contributed by atoms with Crippen LogP contribution in [0.1, 0.15) is 5.56 Å². The molecule has 0 bridgehead atoms. The monoisotopic (exact) mass is 657 g/mol. The van der Waals surface area contributed by atoms with E-state index in [1.165, 1.54) is 5.56 Å². The molecule has 3 heterocycles. The van der Waals surface area contributed by atoms with Crippen LogP contribution in [0.5, 0.6) is 0 Å². The topological polar surface area (TPSA) is 65.0 Å². The Morgan fingerprint density at radius 3 is 1.88 bits per heavy atom. The number of para-hydroxylation sites is 2. The smallest absolute Gasteiger partial charge is 0.165 e. The van der Waals surface area contributed by atoms with E-state index < -0.39 is 0 Å². The molecule has 0 spiro atoms. The van der Waals surface area contributed by atoms with E-state index in [4.69, 9.17) is 23.8 Å². The highest BCUT2D eigenvalue weighted by molar-refractivity contribution is 6.15. The molecular weight excluding hydrogens is 627 g/mol. The summed E-state index contributed by atoms with van der Waals surface area (Å²) in [6.07, 6.45) is 10.7. The second kappa shape index (κ2) is 12.9. The quantitative estimate of drug-likeness (QED) is 0.152. The van der Waals surface area contributed by atoms with Gasteiger partial charge in [0.2, 0.25) is 0 Å². The maximum absolute atomic E-state index is 6.42. The molecule has 3 aromatic heterocycles. The Morgan fingerprint density at radius 1 is 0.471 bits per heavy atom. The Labute approximate surface area is 294 Å². The molecule has 0 unspecified atom stereocenters. The van der Waals surface area contributed by atoms with Crippen LogP contribution in [0.25, 0.3) is 89.2 Å². The molecule has 0 N–H and O–H groups in total. The Balaban J connectivity index is 1.30. The van der Waals surface area contributed by atoms with Crippen molar-refractivity contribution in [2.45, 2.75) is 6.42 Å². The summed E-state index contributed by atoms with van der Waals surface area (Å²) in [6, 6.07) is 45.2. The van der Waals surface area contributed by atoms with Gasteiger partial charge in [0, 0.05) is 38.2 Å². The number of furan rings is 2. The summed E-state index contributed by atoms with van der Waals surface area (Å²) in [6.45, 7) is 3.73. The highest BCUT2D eigenvalue weighted by Crippen LogP contribution is 2.43. The molecule has 0 saturated carbocycles. The van der Waals surface area contributed by atoms with E-state index in [-0.39, 0.29) is 0 Å². The number of aromatic nitrogens is 3.